The first-order valence-electron chi connectivity index (χ1n) is 9.01. The summed E-state index contributed by atoms with van der Waals surface area (Å²) in [6.07, 6.45) is 5.20. The summed E-state index contributed by atoms with van der Waals surface area (Å²) in [6, 6.07) is 6.33. The van der Waals surface area contributed by atoms with Gasteiger partial charge < -0.3 is 5.32 Å². The molecule has 1 amide bonds. The summed E-state index contributed by atoms with van der Waals surface area (Å²) in [5, 5.41) is 7.40. The normalized spacial score (nSPS) is 11.0. The Hall–Kier alpha value is -3.03. The summed E-state index contributed by atoms with van der Waals surface area (Å²) >= 11 is 0. The summed E-state index contributed by atoms with van der Waals surface area (Å²) in [5.74, 6) is -0.354. The smallest absolute Gasteiger partial charge is 0.264 e. The number of halogens is 1. The Balaban J connectivity index is 1.72. The molecule has 3 rings (SSSR count). The van der Waals surface area contributed by atoms with Crippen molar-refractivity contribution in [2.24, 2.45) is 0 Å². The molecule has 1 aromatic carbocycles. The predicted octanol–water partition coefficient (Wildman–Crippen LogP) is 2.09. The SMILES string of the molecule is CCCCC(=O)NCCn1ncc2c(=O)n(Cc3ccccc3F)cnc21. The summed E-state index contributed by atoms with van der Waals surface area (Å²) in [4.78, 5) is 28.6. The first kappa shape index (κ1) is 18.8. The van der Waals surface area contributed by atoms with Crippen molar-refractivity contribution in [3.05, 3.63) is 58.5 Å². The zero-order valence-electron chi connectivity index (χ0n) is 15.2. The van der Waals surface area contributed by atoms with Crippen LogP contribution >= 0.6 is 0 Å². The second-order valence-corrected chi connectivity index (χ2v) is 6.33. The van der Waals surface area contributed by atoms with E-state index in [-0.39, 0.29) is 23.8 Å². The summed E-state index contributed by atoms with van der Waals surface area (Å²) < 4.78 is 16.8. The molecule has 0 bridgehead atoms. The number of hydrogen-bond acceptors (Lipinski definition) is 4. The molecule has 0 unspecified atom stereocenters. The predicted molar refractivity (Wildman–Crippen MR) is 99.8 cm³/mol. The van der Waals surface area contributed by atoms with Crippen molar-refractivity contribution in [1.29, 1.82) is 0 Å². The van der Waals surface area contributed by atoms with E-state index in [1.165, 1.54) is 23.2 Å². The number of nitrogens with one attached hydrogen (secondary N) is 1. The number of amides is 1. The number of aromatic nitrogens is 4. The van der Waals surface area contributed by atoms with Gasteiger partial charge in [-0.25, -0.2) is 14.1 Å². The molecule has 0 saturated heterocycles. The van der Waals surface area contributed by atoms with E-state index >= 15 is 0 Å². The molecule has 142 valence electrons. The molecule has 2 aromatic heterocycles. The first-order valence-corrected chi connectivity index (χ1v) is 9.01. The van der Waals surface area contributed by atoms with E-state index in [1.54, 1.807) is 22.9 Å². The highest BCUT2D eigenvalue weighted by Gasteiger charge is 2.11. The largest absolute Gasteiger partial charge is 0.354 e. The lowest BCUT2D eigenvalue weighted by molar-refractivity contribution is -0.121. The fraction of sp³-hybridized carbons (Fsp3) is 0.368. The lowest BCUT2D eigenvalue weighted by Crippen LogP contribution is -2.27. The molecule has 0 aliphatic heterocycles. The Morgan fingerprint density at radius 2 is 2.11 bits per heavy atom. The van der Waals surface area contributed by atoms with Crippen molar-refractivity contribution >= 4 is 16.9 Å². The van der Waals surface area contributed by atoms with E-state index in [0.29, 0.717) is 36.1 Å². The number of fused-ring (bicyclic) bond motifs is 1. The molecule has 0 saturated carbocycles. The Morgan fingerprint density at radius 1 is 1.30 bits per heavy atom. The van der Waals surface area contributed by atoms with Crippen LogP contribution in [0.2, 0.25) is 0 Å². The standard InChI is InChI=1S/C19H22FN5O2/c1-2-3-8-17(26)21-9-10-25-18-15(11-23-25)19(27)24(13-22-18)12-14-6-4-5-7-16(14)20/h4-7,11,13H,2-3,8-10,12H2,1H3,(H,21,26). The van der Waals surface area contributed by atoms with Crippen LogP contribution in [0.25, 0.3) is 11.0 Å². The molecule has 3 aromatic rings. The Morgan fingerprint density at radius 3 is 2.89 bits per heavy atom. The monoisotopic (exact) mass is 371 g/mol. The maximum absolute atomic E-state index is 13.8. The molecular weight excluding hydrogens is 349 g/mol. The summed E-state index contributed by atoms with van der Waals surface area (Å²) in [5.41, 5.74) is 0.594. The number of benzene rings is 1. The van der Waals surface area contributed by atoms with E-state index in [9.17, 15) is 14.0 Å². The van der Waals surface area contributed by atoms with Crippen molar-refractivity contribution in [3.63, 3.8) is 0 Å². The average molecular weight is 371 g/mol. The topological polar surface area (TPSA) is 81.8 Å². The van der Waals surface area contributed by atoms with Gasteiger partial charge in [0.1, 0.15) is 17.5 Å². The van der Waals surface area contributed by atoms with Gasteiger partial charge >= 0.3 is 0 Å². The van der Waals surface area contributed by atoms with Crippen molar-refractivity contribution in [2.75, 3.05) is 6.54 Å². The van der Waals surface area contributed by atoms with Crippen LogP contribution in [0.5, 0.6) is 0 Å². The van der Waals surface area contributed by atoms with Gasteiger partial charge in [0.25, 0.3) is 5.56 Å². The molecule has 27 heavy (non-hydrogen) atoms. The lowest BCUT2D eigenvalue weighted by Gasteiger charge is -2.08. The fourth-order valence-electron chi connectivity index (χ4n) is 2.81. The third-order valence-corrected chi connectivity index (χ3v) is 4.32. The van der Waals surface area contributed by atoms with Gasteiger partial charge in [-0.3, -0.25) is 14.2 Å². The van der Waals surface area contributed by atoms with Crippen molar-refractivity contribution in [3.8, 4) is 0 Å². The van der Waals surface area contributed by atoms with Crippen LogP contribution in [-0.2, 0) is 17.9 Å². The maximum Gasteiger partial charge on any atom is 0.264 e. The number of nitrogens with zero attached hydrogens (tertiary/aromatic N) is 4. The van der Waals surface area contributed by atoms with Crippen molar-refractivity contribution < 1.29 is 9.18 Å². The number of unbranched alkanes of at least 4 members (excludes halogenated alkanes) is 1. The van der Waals surface area contributed by atoms with Crippen LogP contribution in [-0.4, -0.2) is 31.8 Å². The van der Waals surface area contributed by atoms with Gasteiger partial charge in [-0.2, -0.15) is 5.10 Å². The Labute approximate surface area is 155 Å². The van der Waals surface area contributed by atoms with Gasteiger partial charge in [0, 0.05) is 18.5 Å². The van der Waals surface area contributed by atoms with E-state index < -0.39 is 0 Å². The number of hydrogen-bond donors (Lipinski definition) is 1. The number of rotatable bonds is 8. The minimum atomic E-state index is -0.362. The van der Waals surface area contributed by atoms with Crippen LogP contribution < -0.4 is 10.9 Å². The summed E-state index contributed by atoms with van der Waals surface area (Å²) in [6.45, 7) is 2.98. The minimum Gasteiger partial charge on any atom is -0.354 e. The molecule has 0 atom stereocenters. The van der Waals surface area contributed by atoms with Gasteiger partial charge in [0.2, 0.25) is 5.91 Å². The highest BCUT2D eigenvalue weighted by atomic mass is 19.1. The summed E-state index contributed by atoms with van der Waals surface area (Å²) in [7, 11) is 0. The van der Waals surface area contributed by atoms with Gasteiger partial charge in [-0.1, -0.05) is 31.5 Å². The van der Waals surface area contributed by atoms with Gasteiger partial charge in [-0.15, -0.1) is 0 Å². The molecule has 7 nitrogen and oxygen atoms in total. The number of carbonyl (C=O) groups is 1. The zero-order chi connectivity index (χ0) is 19.2. The second-order valence-electron chi connectivity index (χ2n) is 6.33. The third-order valence-electron chi connectivity index (χ3n) is 4.32. The quantitative estimate of drug-likeness (QED) is 0.657. The zero-order valence-corrected chi connectivity index (χ0v) is 15.2. The second kappa shape index (κ2) is 8.57. The molecule has 8 heteroatoms. The molecule has 0 radical (unpaired) electrons. The molecule has 0 aliphatic rings. The molecule has 0 aliphatic carbocycles. The van der Waals surface area contributed by atoms with Gasteiger partial charge in [0.15, 0.2) is 5.65 Å². The van der Waals surface area contributed by atoms with Gasteiger partial charge in [0.05, 0.1) is 19.3 Å². The Bertz CT molecular complexity index is 995. The fourth-order valence-corrected chi connectivity index (χ4v) is 2.81. The minimum absolute atomic E-state index is 0.00788. The first-order chi connectivity index (χ1) is 13.1. The van der Waals surface area contributed by atoms with Crippen LogP contribution in [0.4, 0.5) is 4.39 Å². The van der Waals surface area contributed by atoms with E-state index in [2.05, 4.69) is 15.4 Å². The van der Waals surface area contributed by atoms with E-state index in [1.807, 2.05) is 6.92 Å². The molecule has 0 fully saturated rings. The Kier molecular flexibility index (Phi) is 5.95. The van der Waals surface area contributed by atoms with Gasteiger partial charge in [-0.05, 0) is 12.5 Å². The third kappa shape index (κ3) is 4.39. The molecule has 2 heterocycles. The van der Waals surface area contributed by atoms with Crippen LogP contribution in [0.1, 0.15) is 31.7 Å². The van der Waals surface area contributed by atoms with E-state index in [0.717, 1.165) is 12.8 Å². The van der Waals surface area contributed by atoms with Crippen LogP contribution in [0.3, 0.4) is 0 Å². The highest BCUT2D eigenvalue weighted by molar-refractivity contribution is 5.76. The van der Waals surface area contributed by atoms with Crippen molar-refractivity contribution in [1.82, 2.24) is 24.6 Å². The van der Waals surface area contributed by atoms with E-state index in [4.69, 9.17) is 0 Å². The van der Waals surface area contributed by atoms with Crippen molar-refractivity contribution in [2.45, 2.75) is 39.3 Å². The molecule has 0 spiro atoms. The maximum atomic E-state index is 13.8. The molecular formula is C19H22FN5O2. The average Bonchev–Trinajstić information content (AvgIpc) is 3.08. The lowest BCUT2D eigenvalue weighted by atomic mass is 10.2. The number of carbonyl (C=O) groups excluding carboxylic acids is 1. The van der Waals surface area contributed by atoms with Crippen LogP contribution in [0, 0.1) is 5.82 Å². The molecule has 1 N–H and O–H groups in total. The highest BCUT2D eigenvalue weighted by Crippen LogP contribution is 2.09. The van der Waals surface area contributed by atoms with Crippen LogP contribution in [0.15, 0.2) is 41.6 Å².